The molecule has 0 radical (unpaired) electrons. The Morgan fingerprint density at radius 2 is 2.00 bits per heavy atom. The van der Waals surface area contributed by atoms with Crippen molar-refractivity contribution in [3.05, 3.63) is 12.2 Å². The van der Waals surface area contributed by atoms with E-state index in [0.717, 1.165) is 23.5 Å². The zero-order valence-electron chi connectivity index (χ0n) is 14.8. The summed E-state index contributed by atoms with van der Waals surface area (Å²) in [6.07, 6.45) is 11.0. The van der Waals surface area contributed by atoms with Gasteiger partial charge in [0, 0.05) is 0 Å². The van der Waals surface area contributed by atoms with Crippen molar-refractivity contribution in [2.75, 3.05) is 5.75 Å². The molecule has 21 heavy (non-hydrogen) atoms. The lowest BCUT2D eigenvalue weighted by Gasteiger charge is -2.49. The maximum atomic E-state index is 4.48. The second-order valence-electron chi connectivity index (χ2n) is 9.04. The number of allylic oxidation sites excluding steroid dienone is 1. The van der Waals surface area contributed by atoms with Crippen LogP contribution in [-0.4, -0.2) is 5.75 Å². The first-order valence-corrected chi connectivity index (χ1v) is 9.70. The van der Waals surface area contributed by atoms with E-state index in [0.29, 0.717) is 10.8 Å². The van der Waals surface area contributed by atoms with E-state index in [1.54, 1.807) is 5.57 Å². The molecule has 0 aromatic carbocycles. The molecule has 2 rings (SSSR count). The maximum absolute atomic E-state index is 4.48. The summed E-state index contributed by atoms with van der Waals surface area (Å²) in [6.45, 7) is 14.4. The number of rotatable bonds is 4. The van der Waals surface area contributed by atoms with Crippen LogP contribution >= 0.6 is 12.6 Å². The van der Waals surface area contributed by atoms with E-state index in [2.05, 4.69) is 46.9 Å². The summed E-state index contributed by atoms with van der Waals surface area (Å²) in [6, 6.07) is 0. The third-order valence-electron chi connectivity index (χ3n) is 6.66. The third-order valence-corrected chi connectivity index (χ3v) is 7.29. The number of thiol groups is 1. The van der Waals surface area contributed by atoms with Gasteiger partial charge in [0.05, 0.1) is 0 Å². The predicted octanol–water partition coefficient (Wildman–Crippen LogP) is 6.52. The van der Waals surface area contributed by atoms with Crippen molar-refractivity contribution in [2.45, 2.75) is 79.1 Å². The fourth-order valence-electron chi connectivity index (χ4n) is 5.12. The van der Waals surface area contributed by atoms with Gasteiger partial charge in [-0.2, -0.15) is 12.6 Å². The van der Waals surface area contributed by atoms with Crippen molar-refractivity contribution in [3.8, 4) is 0 Å². The average Bonchev–Trinajstić information content (AvgIpc) is 2.52. The lowest BCUT2D eigenvalue weighted by molar-refractivity contribution is 0.0484. The van der Waals surface area contributed by atoms with Crippen LogP contribution < -0.4 is 0 Å². The third kappa shape index (κ3) is 3.89. The fraction of sp³-hybridized carbons (Fsp3) is 0.900. The highest BCUT2D eigenvalue weighted by atomic mass is 32.1. The van der Waals surface area contributed by atoms with E-state index in [-0.39, 0.29) is 0 Å². The molecule has 0 amide bonds. The Morgan fingerprint density at radius 3 is 2.67 bits per heavy atom. The van der Waals surface area contributed by atoms with E-state index in [4.69, 9.17) is 0 Å². The molecule has 4 atom stereocenters. The monoisotopic (exact) mass is 308 g/mol. The Labute approximate surface area is 138 Å². The van der Waals surface area contributed by atoms with Crippen molar-refractivity contribution >= 4 is 12.6 Å². The predicted molar refractivity (Wildman–Crippen MR) is 98.0 cm³/mol. The molecule has 0 spiro atoms. The van der Waals surface area contributed by atoms with Crippen LogP contribution in [0.4, 0.5) is 0 Å². The molecule has 0 N–H and O–H groups in total. The van der Waals surface area contributed by atoms with Gasteiger partial charge in [-0.25, -0.2) is 0 Å². The highest BCUT2D eigenvalue weighted by Crippen LogP contribution is 2.58. The van der Waals surface area contributed by atoms with Crippen LogP contribution in [0, 0.1) is 28.6 Å². The first-order chi connectivity index (χ1) is 9.78. The summed E-state index contributed by atoms with van der Waals surface area (Å²) in [5.74, 6) is 3.43. The first-order valence-electron chi connectivity index (χ1n) is 9.07. The van der Waals surface area contributed by atoms with Crippen LogP contribution in [0.2, 0.25) is 0 Å². The molecule has 1 heteroatoms. The van der Waals surface area contributed by atoms with Gasteiger partial charge in [0.1, 0.15) is 0 Å². The lowest BCUT2D eigenvalue weighted by atomic mass is 9.55. The molecule has 2 aliphatic carbocycles. The minimum Gasteiger partial charge on any atom is -0.179 e. The smallest absolute Gasteiger partial charge is 0.00721 e. The average molecular weight is 309 g/mol. The van der Waals surface area contributed by atoms with E-state index in [9.17, 15) is 0 Å². The maximum Gasteiger partial charge on any atom is -0.00721 e. The van der Waals surface area contributed by atoms with Crippen LogP contribution in [-0.2, 0) is 0 Å². The second kappa shape index (κ2) is 6.69. The SMILES string of the molecule is C=C1CCC2CC(C)(C)CCCC2(C)C1CCC(C)CS. The molecule has 2 saturated carbocycles. The van der Waals surface area contributed by atoms with Gasteiger partial charge in [-0.15, -0.1) is 0 Å². The summed E-state index contributed by atoms with van der Waals surface area (Å²) in [4.78, 5) is 0. The normalized spacial score (nSPS) is 37.7. The molecule has 4 unspecified atom stereocenters. The topological polar surface area (TPSA) is 0 Å². The van der Waals surface area contributed by atoms with E-state index < -0.39 is 0 Å². The van der Waals surface area contributed by atoms with Crippen LogP contribution in [0.15, 0.2) is 12.2 Å². The van der Waals surface area contributed by atoms with Crippen molar-refractivity contribution in [1.29, 1.82) is 0 Å². The van der Waals surface area contributed by atoms with Gasteiger partial charge in [0.25, 0.3) is 0 Å². The van der Waals surface area contributed by atoms with Crippen LogP contribution in [0.1, 0.15) is 79.1 Å². The minimum atomic E-state index is 0.513. The molecule has 0 aromatic rings. The Balaban J connectivity index is 2.16. The zero-order chi connectivity index (χ0) is 15.7. The van der Waals surface area contributed by atoms with E-state index in [1.165, 1.54) is 51.4 Å². The van der Waals surface area contributed by atoms with Crippen molar-refractivity contribution in [2.24, 2.45) is 28.6 Å². The highest BCUT2D eigenvalue weighted by molar-refractivity contribution is 7.80. The van der Waals surface area contributed by atoms with E-state index >= 15 is 0 Å². The highest BCUT2D eigenvalue weighted by Gasteiger charge is 2.47. The summed E-state index contributed by atoms with van der Waals surface area (Å²) < 4.78 is 0. The molecular formula is C20H36S. The quantitative estimate of drug-likeness (QED) is 0.443. The van der Waals surface area contributed by atoms with Gasteiger partial charge in [-0.05, 0) is 79.3 Å². The Bertz CT molecular complexity index is 370. The molecule has 0 heterocycles. The van der Waals surface area contributed by atoms with Crippen LogP contribution in [0.3, 0.4) is 0 Å². The largest absolute Gasteiger partial charge is 0.179 e. The fourth-order valence-corrected chi connectivity index (χ4v) is 5.30. The van der Waals surface area contributed by atoms with Gasteiger partial charge < -0.3 is 0 Å². The lowest BCUT2D eigenvalue weighted by Crippen LogP contribution is -2.40. The van der Waals surface area contributed by atoms with Gasteiger partial charge in [-0.3, -0.25) is 0 Å². The van der Waals surface area contributed by atoms with Crippen LogP contribution in [0.25, 0.3) is 0 Å². The Hall–Kier alpha value is 0.0900. The summed E-state index contributed by atoms with van der Waals surface area (Å²) in [5, 5.41) is 0. The van der Waals surface area contributed by atoms with E-state index in [1.807, 2.05) is 0 Å². The molecule has 0 bridgehead atoms. The van der Waals surface area contributed by atoms with Crippen molar-refractivity contribution in [3.63, 3.8) is 0 Å². The molecule has 0 aromatic heterocycles. The Kier molecular flexibility index (Phi) is 5.55. The number of hydrogen-bond acceptors (Lipinski definition) is 1. The Morgan fingerprint density at radius 1 is 1.29 bits per heavy atom. The molecule has 2 fully saturated rings. The van der Waals surface area contributed by atoms with Crippen LogP contribution in [0.5, 0.6) is 0 Å². The molecule has 0 aliphatic heterocycles. The van der Waals surface area contributed by atoms with Crippen molar-refractivity contribution < 1.29 is 0 Å². The first kappa shape index (κ1) is 17.4. The number of hydrogen-bond donors (Lipinski definition) is 1. The molecule has 0 nitrogen and oxygen atoms in total. The molecule has 122 valence electrons. The second-order valence-corrected chi connectivity index (χ2v) is 9.40. The van der Waals surface area contributed by atoms with Gasteiger partial charge >= 0.3 is 0 Å². The molecule has 2 aliphatic rings. The summed E-state index contributed by atoms with van der Waals surface area (Å²) in [7, 11) is 0. The standard InChI is InChI=1S/C20H36S/c1-15(14-21)7-10-18-16(2)8-9-17-13-19(3,4)11-6-12-20(17,18)5/h15,17-18,21H,2,6-14H2,1,3-5H3. The summed E-state index contributed by atoms with van der Waals surface area (Å²) >= 11 is 4.47. The van der Waals surface area contributed by atoms with Gasteiger partial charge in [0.15, 0.2) is 0 Å². The molecule has 0 saturated heterocycles. The summed E-state index contributed by atoms with van der Waals surface area (Å²) in [5.41, 5.74) is 2.61. The zero-order valence-corrected chi connectivity index (χ0v) is 15.6. The number of fused-ring (bicyclic) bond motifs is 1. The van der Waals surface area contributed by atoms with Crippen molar-refractivity contribution in [1.82, 2.24) is 0 Å². The van der Waals surface area contributed by atoms with Gasteiger partial charge in [0.2, 0.25) is 0 Å². The molecular weight excluding hydrogens is 272 g/mol. The van der Waals surface area contributed by atoms with Gasteiger partial charge in [-0.1, -0.05) is 46.3 Å². The minimum absolute atomic E-state index is 0.513.